The van der Waals surface area contributed by atoms with E-state index < -0.39 is 0 Å². The Morgan fingerprint density at radius 2 is 2.20 bits per heavy atom. The van der Waals surface area contributed by atoms with Crippen molar-refractivity contribution >= 4 is 5.69 Å². The lowest BCUT2D eigenvalue weighted by Gasteiger charge is -2.19. The van der Waals surface area contributed by atoms with E-state index >= 15 is 0 Å². The Balaban J connectivity index is 2.11. The van der Waals surface area contributed by atoms with Crippen molar-refractivity contribution in [2.75, 3.05) is 5.32 Å². The Labute approximate surface area is 90.7 Å². The van der Waals surface area contributed by atoms with Crippen LogP contribution in [0.5, 0.6) is 0 Å². The van der Waals surface area contributed by atoms with Crippen LogP contribution >= 0.6 is 0 Å². The van der Waals surface area contributed by atoms with E-state index in [9.17, 15) is 4.39 Å². The molecule has 1 atom stereocenters. The third-order valence-corrected chi connectivity index (χ3v) is 3.24. The highest BCUT2D eigenvalue weighted by Crippen LogP contribution is 2.36. The summed E-state index contributed by atoms with van der Waals surface area (Å²) in [5.74, 6) is 0.684. The summed E-state index contributed by atoms with van der Waals surface area (Å²) >= 11 is 0. The van der Waals surface area contributed by atoms with E-state index in [1.165, 1.54) is 18.9 Å². The maximum Gasteiger partial charge on any atom is 0.128 e. The molecule has 1 N–H and O–H groups in total. The second-order valence-corrected chi connectivity index (χ2v) is 4.41. The van der Waals surface area contributed by atoms with Crippen molar-refractivity contribution in [3.63, 3.8) is 0 Å². The van der Waals surface area contributed by atoms with Crippen LogP contribution < -0.4 is 5.32 Å². The van der Waals surface area contributed by atoms with Gasteiger partial charge in [-0.25, -0.2) is 4.39 Å². The summed E-state index contributed by atoms with van der Waals surface area (Å²) in [5, 5.41) is 3.46. The molecule has 0 saturated heterocycles. The molecule has 2 heteroatoms. The molecule has 1 aromatic carbocycles. The zero-order valence-electron chi connectivity index (χ0n) is 9.39. The Morgan fingerprint density at radius 1 is 1.47 bits per heavy atom. The third-order valence-electron chi connectivity index (χ3n) is 3.24. The fourth-order valence-electron chi connectivity index (χ4n) is 2.02. The normalized spacial score (nSPS) is 17.5. The third kappa shape index (κ3) is 2.31. The first kappa shape index (κ1) is 10.5. The van der Waals surface area contributed by atoms with Gasteiger partial charge in [0.2, 0.25) is 0 Å². The molecule has 1 aromatic rings. The van der Waals surface area contributed by atoms with Crippen LogP contribution in [0.4, 0.5) is 10.1 Å². The molecule has 1 unspecified atom stereocenters. The minimum Gasteiger partial charge on any atom is -0.382 e. The predicted molar refractivity (Wildman–Crippen MR) is 61.6 cm³/mol. The molecule has 0 aliphatic heterocycles. The Hall–Kier alpha value is -1.05. The SMILES string of the molecule is CCC(Nc1cccc(F)c1C)C1CC1. The van der Waals surface area contributed by atoms with E-state index in [-0.39, 0.29) is 5.82 Å². The fraction of sp³-hybridized carbons (Fsp3) is 0.538. The van der Waals surface area contributed by atoms with Crippen LogP contribution in [-0.2, 0) is 0 Å². The van der Waals surface area contributed by atoms with Gasteiger partial charge in [0.25, 0.3) is 0 Å². The monoisotopic (exact) mass is 207 g/mol. The molecule has 0 spiro atoms. The van der Waals surface area contributed by atoms with Crippen LogP contribution in [0.2, 0.25) is 0 Å². The summed E-state index contributed by atoms with van der Waals surface area (Å²) in [6.07, 6.45) is 3.75. The van der Waals surface area contributed by atoms with Crippen LogP contribution in [0.15, 0.2) is 18.2 Å². The minimum atomic E-state index is -0.120. The van der Waals surface area contributed by atoms with Gasteiger partial charge in [-0.1, -0.05) is 13.0 Å². The lowest BCUT2D eigenvalue weighted by atomic mass is 10.1. The number of hydrogen-bond donors (Lipinski definition) is 1. The maximum atomic E-state index is 13.3. The molecule has 1 nitrogen and oxygen atoms in total. The van der Waals surface area contributed by atoms with Gasteiger partial charge in [0, 0.05) is 17.3 Å². The molecule has 2 rings (SSSR count). The van der Waals surface area contributed by atoms with Crippen LogP contribution in [0, 0.1) is 18.7 Å². The van der Waals surface area contributed by atoms with Gasteiger partial charge in [0.05, 0.1) is 0 Å². The number of rotatable bonds is 4. The lowest BCUT2D eigenvalue weighted by molar-refractivity contribution is 0.605. The highest BCUT2D eigenvalue weighted by molar-refractivity contribution is 5.51. The molecule has 0 heterocycles. The fourth-order valence-corrected chi connectivity index (χ4v) is 2.02. The van der Waals surface area contributed by atoms with Crippen LogP contribution in [-0.4, -0.2) is 6.04 Å². The van der Waals surface area contributed by atoms with Crippen molar-refractivity contribution < 1.29 is 4.39 Å². The zero-order chi connectivity index (χ0) is 10.8. The van der Waals surface area contributed by atoms with Gasteiger partial charge < -0.3 is 5.32 Å². The zero-order valence-corrected chi connectivity index (χ0v) is 9.39. The summed E-state index contributed by atoms with van der Waals surface area (Å²) in [5.41, 5.74) is 1.69. The topological polar surface area (TPSA) is 12.0 Å². The van der Waals surface area contributed by atoms with Crippen molar-refractivity contribution in [2.24, 2.45) is 5.92 Å². The smallest absolute Gasteiger partial charge is 0.128 e. The Kier molecular flexibility index (Phi) is 2.94. The van der Waals surface area contributed by atoms with Gasteiger partial charge in [0.1, 0.15) is 5.82 Å². The van der Waals surface area contributed by atoms with Gasteiger partial charge in [0.15, 0.2) is 0 Å². The molecular weight excluding hydrogens is 189 g/mol. The molecule has 1 aliphatic rings. The first-order valence-electron chi connectivity index (χ1n) is 5.74. The minimum absolute atomic E-state index is 0.120. The van der Waals surface area contributed by atoms with Crippen molar-refractivity contribution in [3.8, 4) is 0 Å². The average Bonchev–Trinajstić information content (AvgIpc) is 3.04. The van der Waals surface area contributed by atoms with Gasteiger partial charge in [-0.05, 0) is 44.2 Å². The highest BCUT2D eigenvalue weighted by Gasteiger charge is 2.30. The molecule has 82 valence electrons. The summed E-state index contributed by atoms with van der Waals surface area (Å²) in [7, 11) is 0. The molecule has 1 aliphatic carbocycles. The summed E-state index contributed by atoms with van der Waals surface area (Å²) in [6, 6.07) is 5.76. The number of anilines is 1. The second kappa shape index (κ2) is 4.21. The molecule has 15 heavy (non-hydrogen) atoms. The number of halogens is 1. The summed E-state index contributed by atoms with van der Waals surface area (Å²) in [6.45, 7) is 4.02. The largest absolute Gasteiger partial charge is 0.382 e. The summed E-state index contributed by atoms with van der Waals surface area (Å²) < 4.78 is 13.3. The van der Waals surface area contributed by atoms with E-state index in [4.69, 9.17) is 0 Å². The molecule has 0 aromatic heterocycles. The van der Waals surface area contributed by atoms with Gasteiger partial charge >= 0.3 is 0 Å². The molecule has 0 bridgehead atoms. The van der Waals surface area contributed by atoms with Gasteiger partial charge in [-0.2, -0.15) is 0 Å². The quantitative estimate of drug-likeness (QED) is 0.793. The lowest BCUT2D eigenvalue weighted by Crippen LogP contribution is -2.21. The molecule has 0 radical (unpaired) electrons. The first-order chi connectivity index (χ1) is 7.22. The first-order valence-corrected chi connectivity index (χ1v) is 5.74. The van der Waals surface area contributed by atoms with Gasteiger partial charge in [-0.15, -0.1) is 0 Å². The van der Waals surface area contributed by atoms with Crippen molar-refractivity contribution in [2.45, 2.75) is 39.2 Å². The number of nitrogens with one attached hydrogen (secondary N) is 1. The van der Waals surface area contributed by atoms with E-state index in [1.54, 1.807) is 6.07 Å². The predicted octanol–water partition coefficient (Wildman–Crippen LogP) is 3.73. The van der Waals surface area contributed by atoms with Crippen LogP contribution in [0.25, 0.3) is 0 Å². The number of hydrogen-bond acceptors (Lipinski definition) is 1. The van der Waals surface area contributed by atoms with E-state index in [0.717, 1.165) is 23.6 Å². The Bertz CT molecular complexity index is 344. The van der Waals surface area contributed by atoms with Crippen molar-refractivity contribution in [3.05, 3.63) is 29.6 Å². The second-order valence-electron chi connectivity index (χ2n) is 4.41. The standard InChI is InChI=1S/C13H18FN/c1-3-12(10-7-8-10)15-13-6-4-5-11(14)9(13)2/h4-6,10,12,15H,3,7-8H2,1-2H3. The average molecular weight is 207 g/mol. The highest BCUT2D eigenvalue weighted by atomic mass is 19.1. The summed E-state index contributed by atoms with van der Waals surface area (Å²) in [4.78, 5) is 0. The van der Waals surface area contributed by atoms with E-state index in [2.05, 4.69) is 12.2 Å². The van der Waals surface area contributed by atoms with E-state index in [0.29, 0.717) is 6.04 Å². The molecule has 1 fully saturated rings. The van der Waals surface area contributed by atoms with E-state index in [1.807, 2.05) is 13.0 Å². The number of benzene rings is 1. The van der Waals surface area contributed by atoms with Gasteiger partial charge in [-0.3, -0.25) is 0 Å². The molecular formula is C13H18FN. The van der Waals surface area contributed by atoms with Crippen molar-refractivity contribution in [1.29, 1.82) is 0 Å². The van der Waals surface area contributed by atoms with Crippen molar-refractivity contribution in [1.82, 2.24) is 0 Å². The van der Waals surface area contributed by atoms with Crippen LogP contribution in [0.1, 0.15) is 31.7 Å². The maximum absolute atomic E-state index is 13.3. The Morgan fingerprint density at radius 3 is 2.80 bits per heavy atom. The molecule has 0 amide bonds. The molecule has 1 saturated carbocycles. The van der Waals surface area contributed by atoms with Crippen LogP contribution in [0.3, 0.4) is 0 Å².